The summed E-state index contributed by atoms with van der Waals surface area (Å²) in [6, 6.07) is 11.3. The number of piperazine rings is 1. The summed E-state index contributed by atoms with van der Waals surface area (Å²) in [5.41, 5.74) is 0.564. The fourth-order valence-corrected chi connectivity index (χ4v) is 3.47. The first-order valence-electron chi connectivity index (χ1n) is 8.13. The smallest absolute Gasteiger partial charge is 0.159 e. The summed E-state index contributed by atoms with van der Waals surface area (Å²) in [6.07, 6.45) is 1.60. The van der Waals surface area contributed by atoms with E-state index in [9.17, 15) is 0 Å². The molecule has 0 saturated carbocycles. The van der Waals surface area contributed by atoms with Crippen molar-refractivity contribution in [2.24, 2.45) is 0 Å². The quantitative estimate of drug-likeness (QED) is 0.672. The third kappa shape index (κ3) is 3.12. The molecule has 8 heteroatoms. The molecule has 0 radical (unpaired) electrons. The Labute approximate surface area is 160 Å². The summed E-state index contributed by atoms with van der Waals surface area (Å²) in [5.74, 6) is 1.69. The number of hydrogen-bond acceptors (Lipinski definition) is 6. The van der Waals surface area contributed by atoms with Gasteiger partial charge >= 0.3 is 0 Å². The first-order valence-corrected chi connectivity index (χ1v) is 8.89. The van der Waals surface area contributed by atoms with Crippen molar-refractivity contribution in [2.75, 3.05) is 36.0 Å². The first-order chi connectivity index (χ1) is 12.7. The number of rotatable bonds is 2. The maximum atomic E-state index is 8.88. The molecule has 0 aliphatic carbocycles. The number of nitriles is 1. The van der Waals surface area contributed by atoms with Gasteiger partial charge in [0.05, 0.1) is 5.56 Å². The normalized spacial score (nSPS) is 14.5. The molecule has 0 spiro atoms. The molecule has 0 amide bonds. The maximum absolute atomic E-state index is 8.88. The van der Waals surface area contributed by atoms with Gasteiger partial charge in [-0.3, -0.25) is 0 Å². The highest BCUT2D eigenvalue weighted by Crippen LogP contribution is 2.31. The van der Waals surface area contributed by atoms with Crippen LogP contribution < -0.4 is 9.80 Å². The molecule has 4 rings (SSSR count). The van der Waals surface area contributed by atoms with Crippen molar-refractivity contribution in [1.82, 2.24) is 15.2 Å². The summed E-state index contributed by atoms with van der Waals surface area (Å²) in [5, 5.41) is 20.0. The van der Waals surface area contributed by atoms with Crippen LogP contribution in [-0.2, 0) is 0 Å². The Morgan fingerprint density at radius 2 is 1.69 bits per heavy atom. The monoisotopic (exact) mass is 384 g/mol. The molecule has 1 saturated heterocycles. The Kier molecular flexibility index (Phi) is 4.49. The van der Waals surface area contributed by atoms with Crippen molar-refractivity contribution in [3.8, 4) is 6.07 Å². The van der Waals surface area contributed by atoms with E-state index in [4.69, 9.17) is 28.5 Å². The fraction of sp³-hybridized carbons (Fsp3) is 0.222. The summed E-state index contributed by atoms with van der Waals surface area (Å²) in [7, 11) is 0. The number of benzene rings is 1. The van der Waals surface area contributed by atoms with Crippen molar-refractivity contribution in [3.63, 3.8) is 0 Å². The zero-order valence-corrected chi connectivity index (χ0v) is 15.2. The van der Waals surface area contributed by atoms with Gasteiger partial charge in [-0.2, -0.15) is 5.26 Å². The van der Waals surface area contributed by atoms with E-state index in [1.807, 2.05) is 24.3 Å². The molecule has 1 fully saturated rings. The zero-order chi connectivity index (χ0) is 18.1. The highest BCUT2D eigenvalue weighted by molar-refractivity contribution is 6.36. The van der Waals surface area contributed by atoms with Gasteiger partial charge in [-0.05, 0) is 30.3 Å². The number of nitrogens with zero attached hydrogens (tertiary/aromatic N) is 6. The van der Waals surface area contributed by atoms with Gasteiger partial charge in [0.25, 0.3) is 0 Å². The molecule has 3 aromatic rings. The third-order valence-corrected chi connectivity index (χ3v) is 4.97. The minimum Gasteiger partial charge on any atom is -0.353 e. The fourth-order valence-electron chi connectivity index (χ4n) is 3.10. The largest absolute Gasteiger partial charge is 0.353 e. The van der Waals surface area contributed by atoms with Gasteiger partial charge in [-0.25, -0.2) is 4.98 Å². The van der Waals surface area contributed by atoms with Crippen molar-refractivity contribution >= 4 is 45.6 Å². The predicted octanol–water partition coefficient (Wildman–Crippen LogP) is 3.53. The van der Waals surface area contributed by atoms with Gasteiger partial charge in [0.15, 0.2) is 11.0 Å². The topological polar surface area (TPSA) is 68.9 Å². The van der Waals surface area contributed by atoms with Gasteiger partial charge in [0.1, 0.15) is 11.9 Å². The van der Waals surface area contributed by atoms with Crippen LogP contribution in [0.25, 0.3) is 10.8 Å². The van der Waals surface area contributed by atoms with Crippen LogP contribution >= 0.6 is 23.2 Å². The number of anilines is 2. The molecule has 0 N–H and O–H groups in total. The van der Waals surface area contributed by atoms with Crippen LogP contribution in [0.1, 0.15) is 5.56 Å². The lowest BCUT2D eigenvalue weighted by Gasteiger charge is -2.36. The predicted molar refractivity (Wildman–Crippen MR) is 103 cm³/mol. The molecule has 1 aromatic carbocycles. The lowest BCUT2D eigenvalue weighted by molar-refractivity contribution is 0.640. The van der Waals surface area contributed by atoms with E-state index in [1.54, 1.807) is 12.3 Å². The van der Waals surface area contributed by atoms with E-state index < -0.39 is 0 Å². The van der Waals surface area contributed by atoms with Crippen molar-refractivity contribution < 1.29 is 0 Å². The summed E-state index contributed by atoms with van der Waals surface area (Å²) < 4.78 is 0. The van der Waals surface area contributed by atoms with Crippen LogP contribution in [0, 0.1) is 11.3 Å². The molecular weight excluding hydrogens is 371 g/mol. The molecule has 3 heterocycles. The molecule has 0 bridgehead atoms. The summed E-state index contributed by atoms with van der Waals surface area (Å²) in [6.45, 7) is 3.18. The Balaban J connectivity index is 1.56. The van der Waals surface area contributed by atoms with E-state index in [0.717, 1.165) is 48.6 Å². The number of hydrogen-bond donors (Lipinski definition) is 0. The molecule has 6 nitrogen and oxygen atoms in total. The van der Waals surface area contributed by atoms with Crippen LogP contribution in [0.5, 0.6) is 0 Å². The molecule has 26 heavy (non-hydrogen) atoms. The lowest BCUT2D eigenvalue weighted by atomic mass is 10.1. The van der Waals surface area contributed by atoms with Gasteiger partial charge in [-0.15, -0.1) is 10.2 Å². The van der Waals surface area contributed by atoms with Gasteiger partial charge in [0.2, 0.25) is 0 Å². The summed E-state index contributed by atoms with van der Waals surface area (Å²) >= 11 is 12.3. The highest BCUT2D eigenvalue weighted by atomic mass is 35.5. The van der Waals surface area contributed by atoms with Crippen LogP contribution in [0.3, 0.4) is 0 Å². The third-order valence-electron chi connectivity index (χ3n) is 4.46. The Morgan fingerprint density at radius 3 is 2.38 bits per heavy atom. The highest BCUT2D eigenvalue weighted by Gasteiger charge is 2.21. The lowest BCUT2D eigenvalue weighted by Crippen LogP contribution is -2.47. The molecule has 0 atom stereocenters. The van der Waals surface area contributed by atoms with E-state index in [0.29, 0.717) is 15.7 Å². The SMILES string of the molecule is N#Cc1ccc(N2CCN(c3nnc(Cl)c4cc(Cl)ccc34)CC2)nc1. The molecule has 0 unspecified atom stereocenters. The molecule has 2 aromatic heterocycles. The van der Waals surface area contributed by atoms with E-state index >= 15 is 0 Å². The Morgan fingerprint density at radius 1 is 0.923 bits per heavy atom. The molecule has 130 valence electrons. The molecular formula is C18H14Cl2N6. The van der Waals surface area contributed by atoms with Gasteiger partial charge < -0.3 is 9.80 Å². The van der Waals surface area contributed by atoms with Crippen LogP contribution in [-0.4, -0.2) is 41.4 Å². The average Bonchev–Trinajstić information content (AvgIpc) is 2.69. The van der Waals surface area contributed by atoms with Crippen LogP contribution in [0.2, 0.25) is 10.2 Å². The van der Waals surface area contributed by atoms with Gasteiger partial charge in [0, 0.05) is 48.2 Å². The first kappa shape index (κ1) is 16.8. The number of fused-ring (bicyclic) bond motifs is 1. The van der Waals surface area contributed by atoms with Crippen molar-refractivity contribution in [2.45, 2.75) is 0 Å². The second kappa shape index (κ2) is 6.94. The molecule has 1 aliphatic heterocycles. The molecule has 1 aliphatic rings. The number of pyridine rings is 1. The van der Waals surface area contributed by atoms with Gasteiger partial charge in [-0.1, -0.05) is 23.2 Å². The van der Waals surface area contributed by atoms with Crippen molar-refractivity contribution in [3.05, 3.63) is 52.3 Å². The van der Waals surface area contributed by atoms with Crippen molar-refractivity contribution in [1.29, 1.82) is 5.26 Å². The average molecular weight is 385 g/mol. The second-order valence-electron chi connectivity index (χ2n) is 6.00. The van der Waals surface area contributed by atoms with Crippen LogP contribution in [0.4, 0.5) is 11.6 Å². The minimum absolute atomic E-state index is 0.353. The van der Waals surface area contributed by atoms with Crippen LogP contribution in [0.15, 0.2) is 36.5 Å². The Hall–Kier alpha value is -2.62. The second-order valence-corrected chi connectivity index (χ2v) is 6.79. The number of halogens is 2. The van der Waals surface area contributed by atoms with E-state index in [-0.39, 0.29) is 0 Å². The maximum Gasteiger partial charge on any atom is 0.159 e. The minimum atomic E-state index is 0.353. The standard InChI is InChI=1S/C18H14Cl2N6/c19-13-2-3-14-15(9-13)17(20)23-24-18(14)26-7-5-25(6-8-26)16-4-1-12(10-21)11-22-16/h1-4,9,11H,5-8H2. The van der Waals surface area contributed by atoms with E-state index in [1.165, 1.54) is 0 Å². The zero-order valence-electron chi connectivity index (χ0n) is 13.7. The number of aromatic nitrogens is 3. The summed E-state index contributed by atoms with van der Waals surface area (Å²) in [4.78, 5) is 8.76. The van der Waals surface area contributed by atoms with E-state index in [2.05, 4.69) is 31.1 Å². The Bertz CT molecular complexity index is 991.